The highest BCUT2D eigenvalue weighted by molar-refractivity contribution is 5.32. The lowest BCUT2D eigenvalue weighted by molar-refractivity contribution is 0.119. The molecule has 0 aliphatic carbocycles. The molecule has 0 N–H and O–H groups in total. The number of hydrogen-bond donors (Lipinski definition) is 0. The minimum absolute atomic E-state index is 0.0203. The highest BCUT2D eigenvalue weighted by Crippen LogP contribution is 2.26. The summed E-state index contributed by atoms with van der Waals surface area (Å²) in [5, 5.41) is 0. The van der Waals surface area contributed by atoms with E-state index in [4.69, 9.17) is 9.47 Å². The smallest absolute Gasteiger partial charge is 0.107 e. The average molecular weight is 256 g/mol. The summed E-state index contributed by atoms with van der Waals surface area (Å²) in [5.74, 6) is 0. The molecular formula is C17H20O2. The van der Waals surface area contributed by atoms with E-state index >= 15 is 0 Å². The molecule has 0 saturated heterocycles. The SMILES string of the molecule is COC(C)c1ccc(C(OC)c2ccccc2)cc1. The summed E-state index contributed by atoms with van der Waals surface area (Å²) in [5.41, 5.74) is 3.49. The molecule has 0 bridgehead atoms. The first kappa shape index (κ1) is 13.8. The Hall–Kier alpha value is -1.64. The molecular weight excluding hydrogens is 236 g/mol. The monoisotopic (exact) mass is 256 g/mol. The lowest BCUT2D eigenvalue weighted by Crippen LogP contribution is -2.04. The highest BCUT2D eigenvalue weighted by atomic mass is 16.5. The van der Waals surface area contributed by atoms with Crippen molar-refractivity contribution in [1.82, 2.24) is 0 Å². The van der Waals surface area contributed by atoms with Crippen LogP contribution in [0.15, 0.2) is 54.6 Å². The Morgan fingerprint density at radius 3 is 1.74 bits per heavy atom. The van der Waals surface area contributed by atoms with Crippen molar-refractivity contribution in [3.63, 3.8) is 0 Å². The first-order valence-electron chi connectivity index (χ1n) is 6.46. The lowest BCUT2D eigenvalue weighted by Gasteiger charge is -2.17. The van der Waals surface area contributed by atoms with Gasteiger partial charge in [0.15, 0.2) is 0 Å². The summed E-state index contributed by atoms with van der Waals surface area (Å²) in [6.07, 6.45) is 0.0971. The predicted octanol–water partition coefficient (Wildman–Crippen LogP) is 4.13. The molecule has 2 aromatic rings. The van der Waals surface area contributed by atoms with Gasteiger partial charge in [-0.3, -0.25) is 0 Å². The zero-order valence-corrected chi connectivity index (χ0v) is 11.7. The van der Waals surface area contributed by atoms with Crippen molar-refractivity contribution in [3.8, 4) is 0 Å². The average Bonchev–Trinajstić information content (AvgIpc) is 2.49. The van der Waals surface area contributed by atoms with Gasteiger partial charge in [0.1, 0.15) is 6.10 Å². The molecule has 0 spiro atoms. The van der Waals surface area contributed by atoms with E-state index in [1.807, 2.05) is 25.1 Å². The predicted molar refractivity (Wildman–Crippen MR) is 77.2 cm³/mol. The molecule has 2 rings (SSSR count). The number of hydrogen-bond acceptors (Lipinski definition) is 2. The summed E-state index contributed by atoms with van der Waals surface area (Å²) in [6.45, 7) is 2.04. The van der Waals surface area contributed by atoms with Gasteiger partial charge in [-0.1, -0.05) is 54.6 Å². The lowest BCUT2D eigenvalue weighted by atomic mass is 9.99. The van der Waals surface area contributed by atoms with E-state index in [2.05, 4.69) is 36.4 Å². The first-order chi connectivity index (χ1) is 9.26. The third kappa shape index (κ3) is 3.22. The summed E-state index contributed by atoms with van der Waals surface area (Å²) in [4.78, 5) is 0. The quantitative estimate of drug-likeness (QED) is 0.800. The van der Waals surface area contributed by atoms with Crippen molar-refractivity contribution in [2.75, 3.05) is 14.2 Å². The summed E-state index contributed by atoms with van der Waals surface area (Å²) in [6, 6.07) is 18.6. The fourth-order valence-corrected chi connectivity index (χ4v) is 2.17. The zero-order valence-electron chi connectivity index (χ0n) is 11.7. The second-order valence-electron chi connectivity index (χ2n) is 4.57. The Kier molecular flexibility index (Phi) is 4.72. The van der Waals surface area contributed by atoms with E-state index in [0.717, 1.165) is 11.1 Å². The highest BCUT2D eigenvalue weighted by Gasteiger charge is 2.13. The molecule has 0 heterocycles. The maximum Gasteiger partial charge on any atom is 0.107 e. The maximum atomic E-state index is 5.62. The number of benzene rings is 2. The summed E-state index contributed by atoms with van der Waals surface area (Å²) < 4.78 is 10.9. The van der Waals surface area contributed by atoms with Gasteiger partial charge in [-0.2, -0.15) is 0 Å². The van der Waals surface area contributed by atoms with Crippen LogP contribution in [0.1, 0.15) is 35.8 Å². The second-order valence-corrected chi connectivity index (χ2v) is 4.57. The molecule has 0 saturated carbocycles. The standard InChI is InChI=1S/C17H20O2/c1-13(18-2)14-9-11-16(12-10-14)17(19-3)15-7-5-4-6-8-15/h4-13,17H,1-3H3. The summed E-state index contributed by atoms with van der Waals surface area (Å²) in [7, 11) is 3.46. The normalized spacial score (nSPS) is 14.1. The van der Waals surface area contributed by atoms with Gasteiger partial charge in [-0.05, 0) is 23.6 Å². The van der Waals surface area contributed by atoms with Gasteiger partial charge < -0.3 is 9.47 Å². The van der Waals surface area contributed by atoms with Gasteiger partial charge in [0, 0.05) is 14.2 Å². The van der Waals surface area contributed by atoms with Crippen molar-refractivity contribution in [1.29, 1.82) is 0 Å². The minimum atomic E-state index is -0.0203. The van der Waals surface area contributed by atoms with Crippen LogP contribution < -0.4 is 0 Å². The van der Waals surface area contributed by atoms with Crippen LogP contribution in [0.2, 0.25) is 0 Å². The molecule has 0 fully saturated rings. The largest absolute Gasteiger partial charge is 0.377 e. The molecule has 2 unspecified atom stereocenters. The van der Waals surface area contributed by atoms with Crippen LogP contribution in [-0.2, 0) is 9.47 Å². The Balaban J connectivity index is 2.25. The van der Waals surface area contributed by atoms with Gasteiger partial charge in [-0.15, -0.1) is 0 Å². The fourth-order valence-electron chi connectivity index (χ4n) is 2.17. The molecule has 2 aromatic carbocycles. The van der Waals surface area contributed by atoms with Crippen LogP contribution >= 0.6 is 0 Å². The minimum Gasteiger partial charge on any atom is -0.377 e. The topological polar surface area (TPSA) is 18.5 Å². The van der Waals surface area contributed by atoms with Crippen molar-refractivity contribution in [3.05, 3.63) is 71.3 Å². The van der Waals surface area contributed by atoms with E-state index < -0.39 is 0 Å². The van der Waals surface area contributed by atoms with Gasteiger partial charge in [0.05, 0.1) is 6.10 Å². The number of ether oxygens (including phenoxy) is 2. The van der Waals surface area contributed by atoms with Crippen LogP contribution in [0.25, 0.3) is 0 Å². The molecule has 0 aliphatic rings. The van der Waals surface area contributed by atoms with Crippen LogP contribution in [0.3, 0.4) is 0 Å². The van der Waals surface area contributed by atoms with E-state index in [0.29, 0.717) is 0 Å². The summed E-state index contributed by atoms with van der Waals surface area (Å²) >= 11 is 0. The van der Waals surface area contributed by atoms with Crippen molar-refractivity contribution in [2.45, 2.75) is 19.1 Å². The van der Waals surface area contributed by atoms with Crippen molar-refractivity contribution in [2.24, 2.45) is 0 Å². The fraction of sp³-hybridized carbons (Fsp3) is 0.294. The Morgan fingerprint density at radius 2 is 1.21 bits per heavy atom. The number of methoxy groups -OCH3 is 2. The van der Waals surface area contributed by atoms with Gasteiger partial charge in [0.25, 0.3) is 0 Å². The molecule has 0 aliphatic heterocycles. The molecule has 2 nitrogen and oxygen atoms in total. The van der Waals surface area contributed by atoms with Crippen molar-refractivity contribution >= 4 is 0 Å². The van der Waals surface area contributed by atoms with E-state index in [9.17, 15) is 0 Å². The third-order valence-electron chi connectivity index (χ3n) is 3.40. The van der Waals surface area contributed by atoms with E-state index in [-0.39, 0.29) is 12.2 Å². The molecule has 2 heteroatoms. The van der Waals surface area contributed by atoms with Crippen LogP contribution in [0.5, 0.6) is 0 Å². The molecule has 0 aromatic heterocycles. The maximum absolute atomic E-state index is 5.62. The van der Waals surface area contributed by atoms with Crippen LogP contribution in [0, 0.1) is 0 Å². The molecule has 0 amide bonds. The van der Waals surface area contributed by atoms with Crippen LogP contribution in [0.4, 0.5) is 0 Å². The molecule has 19 heavy (non-hydrogen) atoms. The van der Waals surface area contributed by atoms with E-state index in [1.54, 1.807) is 14.2 Å². The molecule has 100 valence electrons. The number of rotatable bonds is 5. The van der Waals surface area contributed by atoms with Gasteiger partial charge in [0.2, 0.25) is 0 Å². The zero-order chi connectivity index (χ0) is 13.7. The Bertz CT molecular complexity index is 490. The second kappa shape index (κ2) is 6.50. The first-order valence-corrected chi connectivity index (χ1v) is 6.46. The van der Waals surface area contributed by atoms with Crippen molar-refractivity contribution < 1.29 is 9.47 Å². The van der Waals surface area contributed by atoms with Gasteiger partial charge >= 0.3 is 0 Å². The Morgan fingerprint density at radius 1 is 0.684 bits per heavy atom. The van der Waals surface area contributed by atoms with Gasteiger partial charge in [-0.25, -0.2) is 0 Å². The van der Waals surface area contributed by atoms with E-state index in [1.165, 1.54) is 5.56 Å². The Labute approximate surface area is 115 Å². The third-order valence-corrected chi connectivity index (χ3v) is 3.40. The molecule has 2 atom stereocenters. The van der Waals surface area contributed by atoms with Crippen LogP contribution in [-0.4, -0.2) is 14.2 Å². The molecule has 0 radical (unpaired) electrons.